The van der Waals surface area contributed by atoms with Crippen molar-refractivity contribution in [2.75, 3.05) is 12.4 Å². The molecule has 1 aliphatic carbocycles. The second-order valence-corrected chi connectivity index (χ2v) is 6.06. The zero-order valence-corrected chi connectivity index (χ0v) is 13.9. The monoisotopic (exact) mass is 322 g/mol. The van der Waals surface area contributed by atoms with E-state index in [1.54, 1.807) is 7.11 Å². The van der Waals surface area contributed by atoms with Crippen LogP contribution >= 0.6 is 0 Å². The number of nitrogens with one attached hydrogen (secondary N) is 1. The average molecular weight is 322 g/mol. The highest BCUT2D eigenvalue weighted by Gasteiger charge is 2.18. The number of anilines is 1. The molecular formula is C20H22N2O2. The minimum absolute atomic E-state index is 0.293. The summed E-state index contributed by atoms with van der Waals surface area (Å²) in [7, 11) is 1.66. The van der Waals surface area contributed by atoms with Crippen LogP contribution in [0.15, 0.2) is 42.5 Å². The van der Waals surface area contributed by atoms with Crippen molar-refractivity contribution in [3.05, 3.63) is 53.6 Å². The number of hydrogen-bond donors (Lipinski definition) is 1. The van der Waals surface area contributed by atoms with Gasteiger partial charge in [-0.15, -0.1) is 0 Å². The van der Waals surface area contributed by atoms with Gasteiger partial charge < -0.3 is 14.8 Å². The van der Waals surface area contributed by atoms with Crippen molar-refractivity contribution in [2.24, 2.45) is 0 Å². The van der Waals surface area contributed by atoms with Crippen molar-refractivity contribution in [3.63, 3.8) is 0 Å². The van der Waals surface area contributed by atoms with E-state index in [4.69, 9.17) is 14.7 Å². The van der Waals surface area contributed by atoms with Gasteiger partial charge in [-0.2, -0.15) is 5.26 Å². The third-order valence-electron chi connectivity index (χ3n) is 4.31. The molecule has 0 aromatic heterocycles. The fraction of sp³-hybridized carbons (Fsp3) is 0.350. The van der Waals surface area contributed by atoms with Crippen molar-refractivity contribution in [3.8, 4) is 17.6 Å². The van der Waals surface area contributed by atoms with Gasteiger partial charge >= 0.3 is 0 Å². The Hall–Kier alpha value is -2.67. The first-order valence-corrected chi connectivity index (χ1v) is 8.36. The molecule has 0 amide bonds. The first-order valence-electron chi connectivity index (χ1n) is 8.36. The molecule has 0 bridgehead atoms. The van der Waals surface area contributed by atoms with Gasteiger partial charge in [-0.05, 0) is 55.5 Å². The van der Waals surface area contributed by atoms with E-state index in [2.05, 4.69) is 11.4 Å². The Morgan fingerprint density at radius 2 is 1.96 bits per heavy atom. The van der Waals surface area contributed by atoms with Gasteiger partial charge in [0.15, 0.2) is 11.5 Å². The Morgan fingerprint density at radius 3 is 2.71 bits per heavy atom. The third kappa shape index (κ3) is 3.99. The molecular weight excluding hydrogens is 300 g/mol. The molecule has 1 saturated carbocycles. The van der Waals surface area contributed by atoms with Crippen LogP contribution in [0.2, 0.25) is 0 Å². The largest absolute Gasteiger partial charge is 0.493 e. The Balaban J connectivity index is 1.69. The lowest BCUT2D eigenvalue weighted by atomic mass is 10.1. The molecule has 4 heteroatoms. The number of ether oxygens (including phenoxy) is 2. The quantitative estimate of drug-likeness (QED) is 0.850. The standard InChI is InChI=1S/C20H22N2O2/c1-23-19-10-9-17(12-20(19)24-18-7-2-3-8-18)22-14-16-6-4-5-15(11-16)13-21/h4-6,9-12,18,22H,2-3,7-8,14H2,1H3. The van der Waals surface area contributed by atoms with Crippen LogP contribution in [0.3, 0.4) is 0 Å². The first kappa shape index (κ1) is 16.2. The molecule has 0 radical (unpaired) electrons. The SMILES string of the molecule is COc1ccc(NCc2cccc(C#N)c2)cc1OC1CCCC1. The lowest BCUT2D eigenvalue weighted by Gasteiger charge is -2.17. The summed E-state index contributed by atoms with van der Waals surface area (Å²) in [6.07, 6.45) is 4.99. The predicted molar refractivity (Wildman–Crippen MR) is 94.4 cm³/mol. The van der Waals surface area contributed by atoms with E-state index in [0.717, 1.165) is 35.6 Å². The third-order valence-corrected chi connectivity index (χ3v) is 4.31. The van der Waals surface area contributed by atoms with E-state index < -0.39 is 0 Å². The predicted octanol–water partition coefficient (Wildman–Crippen LogP) is 4.50. The molecule has 124 valence electrons. The van der Waals surface area contributed by atoms with Crippen LogP contribution in [0.1, 0.15) is 36.8 Å². The van der Waals surface area contributed by atoms with Gasteiger partial charge in [0.2, 0.25) is 0 Å². The van der Waals surface area contributed by atoms with Crippen molar-refractivity contribution >= 4 is 5.69 Å². The second-order valence-electron chi connectivity index (χ2n) is 6.06. The fourth-order valence-electron chi connectivity index (χ4n) is 3.02. The van der Waals surface area contributed by atoms with Gasteiger partial charge in [-0.25, -0.2) is 0 Å². The number of hydrogen-bond acceptors (Lipinski definition) is 4. The molecule has 0 spiro atoms. The molecule has 2 aromatic rings. The Morgan fingerprint density at radius 1 is 1.12 bits per heavy atom. The first-order chi connectivity index (χ1) is 11.8. The van der Waals surface area contributed by atoms with Crippen LogP contribution in [-0.2, 0) is 6.54 Å². The Kier molecular flexibility index (Phi) is 5.22. The summed E-state index contributed by atoms with van der Waals surface area (Å²) < 4.78 is 11.5. The van der Waals surface area contributed by atoms with Crippen molar-refractivity contribution in [1.82, 2.24) is 0 Å². The smallest absolute Gasteiger partial charge is 0.163 e. The molecule has 1 aliphatic rings. The molecule has 1 N–H and O–H groups in total. The fourth-order valence-corrected chi connectivity index (χ4v) is 3.02. The maximum atomic E-state index is 8.98. The molecule has 1 fully saturated rings. The van der Waals surface area contributed by atoms with Crippen LogP contribution in [0.5, 0.6) is 11.5 Å². The Labute approximate surface area is 143 Å². The minimum atomic E-state index is 0.293. The maximum Gasteiger partial charge on any atom is 0.163 e. The highest BCUT2D eigenvalue weighted by Crippen LogP contribution is 2.34. The summed E-state index contributed by atoms with van der Waals surface area (Å²) in [5.74, 6) is 1.55. The van der Waals surface area contributed by atoms with Gasteiger partial charge in [0, 0.05) is 18.3 Å². The lowest BCUT2D eigenvalue weighted by Crippen LogP contribution is -2.12. The van der Waals surface area contributed by atoms with Gasteiger partial charge in [-0.3, -0.25) is 0 Å². The van der Waals surface area contributed by atoms with E-state index in [1.165, 1.54) is 12.8 Å². The van der Waals surface area contributed by atoms with Crippen LogP contribution < -0.4 is 14.8 Å². The zero-order valence-electron chi connectivity index (χ0n) is 13.9. The molecule has 3 rings (SSSR count). The molecule has 0 atom stereocenters. The number of nitrogens with zero attached hydrogens (tertiary/aromatic N) is 1. The highest BCUT2D eigenvalue weighted by molar-refractivity contribution is 5.55. The summed E-state index contributed by atoms with van der Waals surface area (Å²) >= 11 is 0. The van der Waals surface area contributed by atoms with Crippen molar-refractivity contribution < 1.29 is 9.47 Å². The molecule has 4 nitrogen and oxygen atoms in total. The molecule has 24 heavy (non-hydrogen) atoms. The van der Waals surface area contributed by atoms with Crippen molar-refractivity contribution in [1.29, 1.82) is 5.26 Å². The number of rotatable bonds is 6. The van der Waals surface area contributed by atoms with Gasteiger partial charge in [0.25, 0.3) is 0 Å². The van der Waals surface area contributed by atoms with Crippen LogP contribution in [0.25, 0.3) is 0 Å². The summed E-state index contributed by atoms with van der Waals surface area (Å²) in [6, 6.07) is 15.7. The van der Waals surface area contributed by atoms with Crippen LogP contribution in [-0.4, -0.2) is 13.2 Å². The molecule has 0 saturated heterocycles. The van der Waals surface area contributed by atoms with Gasteiger partial charge in [0.05, 0.1) is 24.8 Å². The molecule has 0 unspecified atom stereocenters. The molecule has 0 aliphatic heterocycles. The summed E-state index contributed by atoms with van der Waals surface area (Å²) in [5.41, 5.74) is 2.73. The molecule has 2 aromatic carbocycles. The van der Waals surface area contributed by atoms with Crippen molar-refractivity contribution in [2.45, 2.75) is 38.3 Å². The van der Waals surface area contributed by atoms with E-state index in [0.29, 0.717) is 18.2 Å². The topological polar surface area (TPSA) is 54.3 Å². The van der Waals surface area contributed by atoms with E-state index >= 15 is 0 Å². The normalized spacial score (nSPS) is 14.2. The van der Waals surface area contributed by atoms with Crippen LogP contribution in [0.4, 0.5) is 5.69 Å². The minimum Gasteiger partial charge on any atom is -0.493 e. The van der Waals surface area contributed by atoms with Gasteiger partial charge in [0.1, 0.15) is 0 Å². The molecule has 0 heterocycles. The number of nitriles is 1. The van der Waals surface area contributed by atoms with E-state index in [9.17, 15) is 0 Å². The second kappa shape index (κ2) is 7.74. The summed E-state index contributed by atoms with van der Waals surface area (Å²) in [5, 5.41) is 12.4. The van der Waals surface area contributed by atoms with Gasteiger partial charge in [-0.1, -0.05) is 12.1 Å². The van der Waals surface area contributed by atoms with E-state index in [-0.39, 0.29) is 0 Å². The number of methoxy groups -OCH3 is 1. The zero-order chi connectivity index (χ0) is 16.8. The summed E-state index contributed by atoms with van der Waals surface area (Å²) in [4.78, 5) is 0. The summed E-state index contributed by atoms with van der Waals surface area (Å²) in [6.45, 7) is 0.657. The number of benzene rings is 2. The maximum absolute atomic E-state index is 8.98. The lowest BCUT2D eigenvalue weighted by molar-refractivity contribution is 0.201. The average Bonchev–Trinajstić information content (AvgIpc) is 3.13. The van der Waals surface area contributed by atoms with Crippen LogP contribution in [0, 0.1) is 11.3 Å². The van der Waals surface area contributed by atoms with E-state index in [1.807, 2.05) is 42.5 Å². The Bertz CT molecular complexity index is 731. The highest BCUT2D eigenvalue weighted by atomic mass is 16.5.